The third kappa shape index (κ3) is 3.41. The van der Waals surface area contributed by atoms with Crippen molar-refractivity contribution in [3.8, 4) is 5.75 Å². The Kier molecular flexibility index (Phi) is 4.94. The van der Waals surface area contributed by atoms with E-state index in [4.69, 9.17) is 13.9 Å². The molecule has 2 aromatic carbocycles. The molecule has 7 nitrogen and oxygen atoms in total. The summed E-state index contributed by atoms with van der Waals surface area (Å²) in [5, 5.41) is 11.3. The summed E-state index contributed by atoms with van der Waals surface area (Å²) in [6.07, 6.45) is 0. The number of carbonyl (C=O) groups is 1. The minimum atomic E-state index is -0.482. The molecule has 0 saturated carbocycles. The summed E-state index contributed by atoms with van der Waals surface area (Å²) in [6, 6.07) is 9.53. The van der Waals surface area contributed by atoms with Crippen molar-refractivity contribution < 1.29 is 23.6 Å². The molecule has 0 amide bonds. The molecule has 0 saturated heterocycles. The highest BCUT2D eigenvalue weighted by molar-refractivity contribution is 9.10. The number of furan rings is 1. The maximum absolute atomic E-state index is 12.0. The number of esters is 1. The van der Waals surface area contributed by atoms with Crippen molar-refractivity contribution in [1.29, 1.82) is 0 Å². The molecule has 0 spiro atoms. The quantitative estimate of drug-likeness (QED) is 0.335. The zero-order valence-electron chi connectivity index (χ0n) is 13.9. The smallest absolute Gasteiger partial charge is 0.342 e. The second-order valence-corrected chi connectivity index (χ2v) is 6.37. The molecule has 1 aromatic heterocycles. The summed E-state index contributed by atoms with van der Waals surface area (Å²) in [7, 11) is 1.31. The van der Waals surface area contributed by atoms with E-state index in [0.29, 0.717) is 32.5 Å². The van der Waals surface area contributed by atoms with Gasteiger partial charge in [0.2, 0.25) is 0 Å². The predicted octanol–water partition coefficient (Wildman–Crippen LogP) is 4.78. The first-order chi connectivity index (χ1) is 12.4. The van der Waals surface area contributed by atoms with Crippen LogP contribution in [-0.2, 0) is 11.3 Å². The number of carbonyl (C=O) groups excluding carboxylic acids is 1. The van der Waals surface area contributed by atoms with E-state index >= 15 is 0 Å². The van der Waals surface area contributed by atoms with E-state index < -0.39 is 10.9 Å². The highest BCUT2D eigenvalue weighted by Crippen LogP contribution is 2.35. The molecule has 0 fully saturated rings. The van der Waals surface area contributed by atoms with Crippen LogP contribution in [0.3, 0.4) is 0 Å². The lowest BCUT2D eigenvalue weighted by Gasteiger charge is -2.09. The average molecular weight is 420 g/mol. The van der Waals surface area contributed by atoms with Crippen LogP contribution in [-0.4, -0.2) is 18.0 Å². The third-order valence-corrected chi connectivity index (χ3v) is 4.47. The predicted molar refractivity (Wildman–Crippen MR) is 97.4 cm³/mol. The molecule has 0 aliphatic heterocycles. The highest BCUT2D eigenvalue weighted by Gasteiger charge is 2.20. The van der Waals surface area contributed by atoms with E-state index in [9.17, 15) is 14.9 Å². The van der Waals surface area contributed by atoms with Crippen LogP contribution in [0, 0.1) is 17.0 Å². The molecule has 0 bridgehead atoms. The van der Waals surface area contributed by atoms with Crippen molar-refractivity contribution in [3.05, 3.63) is 67.9 Å². The van der Waals surface area contributed by atoms with E-state index in [2.05, 4.69) is 15.9 Å². The van der Waals surface area contributed by atoms with Crippen LogP contribution in [0.2, 0.25) is 0 Å². The van der Waals surface area contributed by atoms with Gasteiger partial charge in [0.05, 0.1) is 16.5 Å². The van der Waals surface area contributed by atoms with Crippen LogP contribution in [0.1, 0.15) is 21.7 Å². The molecule has 0 aliphatic rings. The summed E-state index contributed by atoms with van der Waals surface area (Å²) in [4.78, 5) is 22.2. The fraction of sp³-hybridized carbons (Fsp3) is 0.167. The van der Waals surface area contributed by atoms with Crippen molar-refractivity contribution >= 4 is 38.6 Å². The van der Waals surface area contributed by atoms with Crippen LogP contribution in [0.15, 0.2) is 45.3 Å². The summed E-state index contributed by atoms with van der Waals surface area (Å²) >= 11 is 3.42. The van der Waals surface area contributed by atoms with E-state index in [1.807, 2.05) is 0 Å². The first-order valence-corrected chi connectivity index (χ1v) is 8.37. The SMILES string of the molecule is COC(=O)c1c(C)oc2cc(Br)c(OCc3ccc([N+](=O)[O-])cc3)cc12. The normalized spacial score (nSPS) is 10.7. The van der Waals surface area contributed by atoms with E-state index in [1.54, 1.807) is 31.2 Å². The van der Waals surface area contributed by atoms with Crippen LogP contribution >= 0.6 is 15.9 Å². The van der Waals surface area contributed by atoms with Gasteiger partial charge in [-0.15, -0.1) is 0 Å². The highest BCUT2D eigenvalue weighted by atomic mass is 79.9. The Hall–Kier alpha value is -2.87. The number of rotatable bonds is 5. The Morgan fingerprint density at radius 3 is 2.58 bits per heavy atom. The number of hydrogen-bond donors (Lipinski definition) is 0. The largest absolute Gasteiger partial charge is 0.488 e. The minimum absolute atomic E-state index is 0.0212. The number of nitro groups is 1. The number of ether oxygens (including phenoxy) is 2. The Balaban J connectivity index is 1.88. The summed E-state index contributed by atoms with van der Waals surface area (Å²) in [6.45, 7) is 1.91. The van der Waals surface area contributed by atoms with Crippen molar-refractivity contribution in [2.24, 2.45) is 0 Å². The number of aryl methyl sites for hydroxylation is 1. The van der Waals surface area contributed by atoms with Gasteiger partial charge in [0.1, 0.15) is 29.3 Å². The Bertz CT molecular complexity index is 993. The van der Waals surface area contributed by atoms with Gasteiger partial charge in [0, 0.05) is 17.5 Å². The lowest BCUT2D eigenvalue weighted by atomic mass is 10.1. The number of halogens is 1. The standard InChI is InChI=1S/C18H14BrNO6/c1-10-17(18(21)24-2)13-7-16(14(19)8-15(13)26-10)25-9-11-3-5-12(6-4-11)20(22)23/h3-8H,9H2,1-2H3. The van der Waals surface area contributed by atoms with Gasteiger partial charge in [0.25, 0.3) is 5.69 Å². The lowest BCUT2D eigenvalue weighted by Crippen LogP contribution is -2.02. The Morgan fingerprint density at radius 2 is 1.96 bits per heavy atom. The van der Waals surface area contributed by atoms with Crippen LogP contribution in [0.5, 0.6) is 5.75 Å². The summed E-state index contributed by atoms with van der Waals surface area (Å²) in [5.74, 6) is 0.498. The van der Waals surface area contributed by atoms with Gasteiger partial charge < -0.3 is 13.9 Å². The van der Waals surface area contributed by atoms with Gasteiger partial charge in [-0.05, 0) is 52.7 Å². The van der Waals surface area contributed by atoms with Gasteiger partial charge in [-0.25, -0.2) is 4.79 Å². The first kappa shape index (κ1) is 17.9. The Labute approximate surface area is 156 Å². The average Bonchev–Trinajstić information content (AvgIpc) is 2.94. The van der Waals surface area contributed by atoms with Crippen LogP contribution in [0.25, 0.3) is 11.0 Å². The van der Waals surface area contributed by atoms with Gasteiger partial charge >= 0.3 is 5.97 Å². The van der Waals surface area contributed by atoms with Crippen molar-refractivity contribution in [2.45, 2.75) is 13.5 Å². The van der Waals surface area contributed by atoms with Crippen molar-refractivity contribution in [3.63, 3.8) is 0 Å². The number of hydrogen-bond acceptors (Lipinski definition) is 6. The zero-order valence-corrected chi connectivity index (χ0v) is 15.5. The molecule has 3 rings (SSSR count). The van der Waals surface area contributed by atoms with E-state index in [-0.39, 0.29) is 12.3 Å². The number of benzene rings is 2. The molecule has 3 aromatic rings. The number of nitrogens with zero attached hydrogens (tertiary/aromatic N) is 1. The molecule has 0 aliphatic carbocycles. The first-order valence-electron chi connectivity index (χ1n) is 7.57. The minimum Gasteiger partial charge on any atom is -0.488 e. The third-order valence-electron chi connectivity index (χ3n) is 3.85. The second kappa shape index (κ2) is 7.17. The lowest BCUT2D eigenvalue weighted by molar-refractivity contribution is -0.384. The Morgan fingerprint density at radius 1 is 1.27 bits per heavy atom. The fourth-order valence-corrected chi connectivity index (χ4v) is 3.00. The van der Waals surface area contributed by atoms with Gasteiger partial charge in [-0.1, -0.05) is 0 Å². The number of fused-ring (bicyclic) bond motifs is 1. The number of non-ortho nitro benzene ring substituents is 1. The maximum atomic E-state index is 12.0. The van der Waals surface area contributed by atoms with Gasteiger partial charge in [-0.2, -0.15) is 0 Å². The molecule has 134 valence electrons. The molecule has 0 N–H and O–H groups in total. The van der Waals surface area contributed by atoms with Crippen molar-refractivity contribution in [1.82, 2.24) is 0 Å². The number of nitro benzene ring substituents is 1. The molecule has 8 heteroatoms. The summed E-state index contributed by atoms with van der Waals surface area (Å²) < 4.78 is 16.9. The monoisotopic (exact) mass is 419 g/mol. The van der Waals surface area contributed by atoms with E-state index in [1.165, 1.54) is 19.2 Å². The van der Waals surface area contributed by atoms with Gasteiger partial charge in [-0.3, -0.25) is 10.1 Å². The molecular formula is C18H14BrNO6. The summed E-state index contributed by atoms with van der Waals surface area (Å²) in [5.41, 5.74) is 1.69. The molecule has 26 heavy (non-hydrogen) atoms. The maximum Gasteiger partial charge on any atom is 0.342 e. The fourth-order valence-electron chi connectivity index (χ4n) is 2.56. The second-order valence-electron chi connectivity index (χ2n) is 5.52. The zero-order chi connectivity index (χ0) is 18.8. The topological polar surface area (TPSA) is 91.8 Å². The molecule has 0 unspecified atom stereocenters. The van der Waals surface area contributed by atoms with Crippen LogP contribution in [0.4, 0.5) is 5.69 Å². The van der Waals surface area contributed by atoms with Crippen LogP contribution < -0.4 is 4.74 Å². The molecule has 0 atom stereocenters. The molecular weight excluding hydrogens is 406 g/mol. The number of methoxy groups -OCH3 is 1. The molecule has 0 radical (unpaired) electrons. The molecule has 1 heterocycles. The van der Waals surface area contributed by atoms with Crippen molar-refractivity contribution in [2.75, 3.05) is 7.11 Å². The van der Waals surface area contributed by atoms with E-state index in [0.717, 1.165) is 5.56 Å². The van der Waals surface area contributed by atoms with Gasteiger partial charge in [0.15, 0.2) is 0 Å².